The highest BCUT2D eigenvalue weighted by Crippen LogP contribution is 2.26. The summed E-state index contributed by atoms with van der Waals surface area (Å²) in [4.78, 5) is 13.3. The normalized spacial score (nSPS) is 11.8. The van der Waals surface area contributed by atoms with E-state index < -0.39 is 6.04 Å². The zero-order valence-electron chi connectivity index (χ0n) is 17.3. The molecule has 0 saturated heterocycles. The summed E-state index contributed by atoms with van der Waals surface area (Å²) >= 11 is 0. The molecule has 3 heteroatoms. The predicted octanol–water partition coefficient (Wildman–Crippen LogP) is 5.42. The molecule has 0 spiro atoms. The number of hydrogen-bond donors (Lipinski definition) is 2. The molecule has 4 aromatic carbocycles. The minimum absolute atomic E-state index is 0.0492. The molecular formula is C28H26N2O. The van der Waals surface area contributed by atoms with Crippen LogP contribution in [0.5, 0.6) is 0 Å². The van der Waals surface area contributed by atoms with Crippen LogP contribution < -0.4 is 10.6 Å². The number of rotatable bonds is 8. The van der Waals surface area contributed by atoms with Gasteiger partial charge in [-0.15, -0.1) is 0 Å². The fraction of sp³-hybridized carbons (Fsp3) is 0.107. The van der Waals surface area contributed by atoms with Gasteiger partial charge in [0.1, 0.15) is 6.04 Å². The molecule has 0 fully saturated rings. The summed E-state index contributed by atoms with van der Waals surface area (Å²) in [6, 6.07) is 39.7. The molecule has 0 aliphatic rings. The lowest BCUT2D eigenvalue weighted by Crippen LogP contribution is -2.39. The Bertz CT molecular complexity index is 1030. The largest absolute Gasteiger partial charge is 0.350 e. The molecule has 2 N–H and O–H groups in total. The van der Waals surface area contributed by atoms with E-state index in [1.807, 2.05) is 97.1 Å². The van der Waals surface area contributed by atoms with Gasteiger partial charge >= 0.3 is 0 Å². The van der Waals surface area contributed by atoms with E-state index in [4.69, 9.17) is 0 Å². The first kappa shape index (κ1) is 20.6. The fourth-order valence-electron chi connectivity index (χ4n) is 3.70. The Labute approximate surface area is 183 Å². The van der Waals surface area contributed by atoms with Crippen molar-refractivity contribution in [1.82, 2.24) is 10.6 Å². The van der Waals surface area contributed by atoms with Crippen molar-refractivity contribution in [3.8, 4) is 0 Å². The molecule has 4 rings (SSSR count). The molecule has 0 radical (unpaired) electrons. The second-order valence-corrected chi connectivity index (χ2v) is 7.47. The zero-order chi connectivity index (χ0) is 21.3. The van der Waals surface area contributed by atoms with E-state index in [2.05, 4.69) is 34.9 Å². The highest BCUT2D eigenvalue weighted by atomic mass is 16.2. The molecule has 0 aliphatic carbocycles. The third kappa shape index (κ3) is 5.47. The molecule has 3 nitrogen and oxygen atoms in total. The van der Waals surface area contributed by atoms with Crippen molar-refractivity contribution in [2.24, 2.45) is 0 Å². The van der Waals surface area contributed by atoms with Crippen LogP contribution in [-0.2, 0) is 11.3 Å². The van der Waals surface area contributed by atoms with Crippen molar-refractivity contribution in [1.29, 1.82) is 0 Å². The number of nitrogens with one attached hydrogen (secondary N) is 2. The Balaban J connectivity index is 1.63. The number of carbonyl (C=O) groups is 1. The first-order valence-electron chi connectivity index (χ1n) is 10.5. The maximum absolute atomic E-state index is 13.3. The van der Waals surface area contributed by atoms with Crippen molar-refractivity contribution in [3.63, 3.8) is 0 Å². The number of hydrogen-bond acceptors (Lipinski definition) is 2. The summed E-state index contributed by atoms with van der Waals surface area (Å²) in [6.45, 7) is 0.492. The Hall–Kier alpha value is -3.69. The molecule has 0 aromatic heterocycles. The predicted molar refractivity (Wildman–Crippen MR) is 125 cm³/mol. The van der Waals surface area contributed by atoms with Crippen molar-refractivity contribution in [2.45, 2.75) is 18.6 Å². The Morgan fingerprint density at radius 2 is 1.00 bits per heavy atom. The summed E-state index contributed by atoms with van der Waals surface area (Å²) in [5, 5.41) is 6.73. The van der Waals surface area contributed by atoms with Crippen molar-refractivity contribution in [3.05, 3.63) is 144 Å². The first-order valence-corrected chi connectivity index (χ1v) is 10.5. The maximum atomic E-state index is 13.3. The topological polar surface area (TPSA) is 41.1 Å². The van der Waals surface area contributed by atoms with E-state index in [9.17, 15) is 4.79 Å². The van der Waals surface area contributed by atoms with Crippen LogP contribution >= 0.6 is 0 Å². The van der Waals surface area contributed by atoms with E-state index in [1.54, 1.807) is 0 Å². The SMILES string of the molecule is O=C(NCc1ccccc1)C(NC(c1ccccc1)c1ccccc1)c1ccccc1. The molecule has 31 heavy (non-hydrogen) atoms. The van der Waals surface area contributed by atoms with Gasteiger partial charge in [0.05, 0.1) is 6.04 Å². The van der Waals surface area contributed by atoms with Gasteiger partial charge in [0.25, 0.3) is 0 Å². The second-order valence-electron chi connectivity index (χ2n) is 7.47. The van der Waals surface area contributed by atoms with E-state index in [0.717, 1.165) is 22.3 Å². The minimum atomic E-state index is -0.490. The smallest absolute Gasteiger partial charge is 0.242 e. The van der Waals surface area contributed by atoms with Crippen molar-refractivity contribution < 1.29 is 4.79 Å². The average Bonchev–Trinajstić information content (AvgIpc) is 2.85. The lowest BCUT2D eigenvalue weighted by atomic mass is 9.96. The van der Waals surface area contributed by atoms with Crippen LogP contribution in [0.3, 0.4) is 0 Å². The van der Waals surface area contributed by atoms with Gasteiger partial charge in [0, 0.05) is 6.54 Å². The molecule has 154 valence electrons. The van der Waals surface area contributed by atoms with E-state index in [-0.39, 0.29) is 11.9 Å². The lowest BCUT2D eigenvalue weighted by molar-refractivity contribution is -0.123. The standard InChI is InChI=1S/C28H26N2O/c31-28(29-21-22-13-5-1-6-14-22)27(25-19-11-4-12-20-25)30-26(23-15-7-2-8-16-23)24-17-9-3-10-18-24/h1-20,26-27,30H,21H2,(H,29,31). The van der Waals surface area contributed by atoms with E-state index in [0.29, 0.717) is 6.54 Å². The third-order valence-corrected chi connectivity index (χ3v) is 5.30. The quantitative estimate of drug-likeness (QED) is 0.410. The van der Waals surface area contributed by atoms with Crippen LogP contribution in [-0.4, -0.2) is 5.91 Å². The second kappa shape index (κ2) is 10.4. The molecule has 1 amide bonds. The number of amides is 1. The van der Waals surface area contributed by atoms with Crippen molar-refractivity contribution >= 4 is 5.91 Å². The number of benzene rings is 4. The Morgan fingerprint density at radius 1 is 0.581 bits per heavy atom. The average molecular weight is 407 g/mol. The van der Waals surface area contributed by atoms with Crippen molar-refractivity contribution in [2.75, 3.05) is 0 Å². The van der Waals surface area contributed by atoms with Crippen LogP contribution in [0.25, 0.3) is 0 Å². The molecule has 0 saturated carbocycles. The van der Waals surface area contributed by atoms with Gasteiger partial charge in [-0.05, 0) is 22.3 Å². The third-order valence-electron chi connectivity index (χ3n) is 5.30. The van der Waals surface area contributed by atoms with Gasteiger partial charge in [0.15, 0.2) is 0 Å². The molecule has 4 aromatic rings. The minimum Gasteiger partial charge on any atom is -0.350 e. The zero-order valence-corrected chi connectivity index (χ0v) is 17.3. The van der Waals surface area contributed by atoms with E-state index in [1.165, 1.54) is 0 Å². The monoisotopic (exact) mass is 406 g/mol. The highest BCUT2D eigenvalue weighted by Gasteiger charge is 2.25. The van der Waals surface area contributed by atoms with Crippen LogP contribution in [0.2, 0.25) is 0 Å². The highest BCUT2D eigenvalue weighted by molar-refractivity contribution is 5.83. The fourth-order valence-corrected chi connectivity index (χ4v) is 3.70. The van der Waals surface area contributed by atoms with E-state index >= 15 is 0 Å². The molecule has 0 aliphatic heterocycles. The van der Waals surface area contributed by atoms with Crippen LogP contribution in [0, 0.1) is 0 Å². The summed E-state index contributed by atoms with van der Waals surface area (Å²) in [7, 11) is 0. The molecule has 1 atom stereocenters. The van der Waals surface area contributed by atoms with Gasteiger partial charge in [0.2, 0.25) is 5.91 Å². The maximum Gasteiger partial charge on any atom is 0.242 e. The number of carbonyl (C=O) groups excluding carboxylic acids is 1. The Morgan fingerprint density at radius 3 is 1.48 bits per heavy atom. The van der Waals surface area contributed by atoms with Gasteiger partial charge in [-0.1, -0.05) is 121 Å². The van der Waals surface area contributed by atoms with Gasteiger partial charge in [-0.25, -0.2) is 0 Å². The van der Waals surface area contributed by atoms with Crippen LogP contribution in [0.4, 0.5) is 0 Å². The summed E-state index contributed by atoms with van der Waals surface area (Å²) in [6.07, 6.45) is 0. The Kier molecular flexibility index (Phi) is 6.89. The molecule has 0 heterocycles. The molecule has 1 unspecified atom stereocenters. The van der Waals surface area contributed by atoms with Gasteiger partial charge < -0.3 is 5.32 Å². The van der Waals surface area contributed by atoms with Crippen LogP contribution in [0.1, 0.15) is 34.3 Å². The summed E-state index contributed by atoms with van der Waals surface area (Å²) in [5.74, 6) is -0.0492. The molecular weight excluding hydrogens is 380 g/mol. The van der Waals surface area contributed by atoms with Crippen LogP contribution in [0.15, 0.2) is 121 Å². The summed E-state index contributed by atoms with van der Waals surface area (Å²) < 4.78 is 0. The summed E-state index contributed by atoms with van der Waals surface area (Å²) in [5.41, 5.74) is 4.24. The van der Waals surface area contributed by atoms with Gasteiger partial charge in [-0.3, -0.25) is 10.1 Å². The molecule has 0 bridgehead atoms. The van der Waals surface area contributed by atoms with Gasteiger partial charge in [-0.2, -0.15) is 0 Å². The first-order chi connectivity index (χ1) is 15.3. The lowest BCUT2D eigenvalue weighted by Gasteiger charge is -2.26.